The minimum atomic E-state index is -0.981. The van der Waals surface area contributed by atoms with Gasteiger partial charge in [0.05, 0.1) is 0 Å². The number of aliphatic carboxylic acids is 1. The van der Waals surface area contributed by atoms with Crippen molar-refractivity contribution in [3.63, 3.8) is 0 Å². The van der Waals surface area contributed by atoms with E-state index in [0.29, 0.717) is 65.5 Å². The molecule has 186 valence electrons. The number of allylic oxidation sites excluding steroid dienone is 4. The molecule has 0 fully saturated rings. The van der Waals surface area contributed by atoms with E-state index in [1.165, 1.54) is 0 Å². The number of carbonyl (C=O) groups is 3. The highest BCUT2D eigenvalue weighted by Crippen LogP contribution is 2.49. The first-order valence-corrected chi connectivity index (χ1v) is 12.8. The number of ketones is 2. The minimum absolute atomic E-state index is 0.0146. The van der Waals surface area contributed by atoms with Gasteiger partial charge in [0, 0.05) is 56.9 Å². The zero-order chi connectivity index (χ0) is 25.4. The van der Waals surface area contributed by atoms with Gasteiger partial charge >= 0.3 is 5.97 Å². The molecule has 1 heterocycles. The highest BCUT2D eigenvalue weighted by Gasteiger charge is 2.43. The minimum Gasteiger partial charge on any atom is -0.489 e. The molecule has 0 unspecified atom stereocenters. The Hall–Kier alpha value is -3.09. The van der Waals surface area contributed by atoms with Gasteiger partial charge in [0.15, 0.2) is 11.6 Å². The van der Waals surface area contributed by atoms with E-state index in [-0.39, 0.29) is 24.7 Å². The number of carboxylic acid groups (broad SMARTS) is 1. The van der Waals surface area contributed by atoms with Crippen LogP contribution in [0.3, 0.4) is 0 Å². The van der Waals surface area contributed by atoms with Gasteiger partial charge in [0.2, 0.25) is 0 Å². The molecule has 0 saturated carbocycles. The Morgan fingerprint density at radius 2 is 1.53 bits per heavy atom. The third-order valence-corrected chi connectivity index (χ3v) is 7.59. The zero-order valence-electron chi connectivity index (χ0n) is 19.6. The summed E-state index contributed by atoms with van der Waals surface area (Å²) in [7, 11) is 0. The summed E-state index contributed by atoms with van der Waals surface area (Å²) >= 11 is 12.2. The van der Waals surface area contributed by atoms with Crippen molar-refractivity contribution in [1.82, 2.24) is 4.90 Å². The van der Waals surface area contributed by atoms with Crippen molar-refractivity contribution in [1.29, 1.82) is 0 Å². The van der Waals surface area contributed by atoms with Gasteiger partial charge in [0.1, 0.15) is 18.9 Å². The van der Waals surface area contributed by atoms with Gasteiger partial charge in [-0.1, -0.05) is 41.4 Å². The first-order valence-electron chi connectivity index (χ1n) is 12.0. The quantitative estimate of drug-likeness (QED) is 0.492. The number of benzene rings is 2. The second-order valence-electron chi connectivity index (χ2n) is 9.28. The lowest BCUT2D eigenvalue weighted by molar-refractivity contribution is -0.138. The summed E-state index contributed by atoms with van der Waals surface area (Å²) in [5.74, 6) is -0.870. The molecule has 5 rings (SSSR count). The Balaban J connectivity index is 1.49. The Morgan fingerprint density at radius 1 is 0.917 bits per heavy atom. The zero-order valence-corrected chi connectivity index (χ0v) is 21.1. The van der Waals surface area contributed by atoms with E-state index in [9.17, 15) is 19.5 Å². The van der Waals surface area contributed by atoms with E-state index in [0.717, 1.165) is 22.5 Å². The summed E-state index contributed by atoms with van der Waals surface area (Å²) in [6, 6.07) is 12.7. The van der Waals surface area contributed by atoms with Crippen LogP contribution in [-0.2, 0) is 21.0 Å². The average Bonchev–Trinajstić information content (AvgIpc) is 2.84. The van der Waals surface area contributed by atoms with Crippen LogP contribution in [0.25, 0.3) is 0 Å². The second kappa shape index (κ2) is 10.1. The molecule has 0 atom stereocenters. The number of carbonyl (C=O) groups excluding carboxylic acids is 2. The van der Waals surface area contributed by atoms with E-state index < -0.39 is 11.9 Å². The highest BCUT2D eigenvalue weighted by atomic mass is 35.5. The van der Waals surface area contributed by atoms with Gasteiger partial charge in [0.25, 0.3) is 0 Å². The standard InChI is InChI=1S/C28H25Cl2NO5/c29-18-10-7-17(20(30)13-18)15-36-19-11-8-16(9-12-19)26-27-21(3-1-5-23(27)32)31(14-25(34)35)22-4-2-6-24(33)28(22)26/h7-13,26H,1-6,14-15H2,(H,34,35). The van der Waals surface area contributed by atoms with Crippen molar-refractivity contribution in [3.05, 3.63) is 86.2 Å². The van der Waals surface area contributed by atoms with E-state index in [1.807, 2.05) is 30.3 Å². The van der Waals surface area contributed by atoms with Crippen molar-refractivity contribution in [2.45, 2.75) is 51.0 Å². The number of carboxylic acids is 1. The van der Waals surface area contributed by atoms with Gasteiger partial charge in [-0.3, -0.25) is 14.4 Å². The van der Waals surface area contributed by atoms with Crippen LogP contribution in [0, 0.1) is 0 Å². The average molecular weight is 526 g/mol. The lowest BCUT2D eigenvalue weighted by Crippen LogP contribution is -2.41. The molecule has 0 amide bonds. The molecule has 2 aromatic rings. The van der Waals surface area contributed by atoms with E-state index in [1.54, 1.807) is 17.0 Å². The van der Waals surface area contributed by atoms with Crippen molar-refractivity contribution < 1.29 is 24.2 Å². The number of Topliss-reactive ketones (excluding diaryl/α,β-unsaturated/α-hetero) is 2. The SMILES string of the molecule is O=C(O)CN1C2=C(C(=O)CCC2)C(c2ccc(OCc3ccc(Cl)cc3Cl)cc2)C2=C1CCCC2=O. The monoisotopic (exact) mass is 525 g/mol. The van der Waals surface area contributed by atoms with Gasteiger partial charge in [-0.05, 0) is 55.5 Å². The third-order valence-electron chi connectivity index (χ3n) is 7.00. The molecule has 0 bridgehead atoms. The van der Waals surface area contributed by atoms with Crippen LogP contribution < -0.4 is 4.74 Å². The number of rotatable bonds is 6. The summed E-state index contributed by atoms with van der Waals surface area (Å²) in [6.45, 7) is 0.0233. The number of ether oxygens (including phenoxy) is 1. The summed E-state index contributed by atoms with van der Waals surface area (Å²) in [5.41, 5.74) is 4.28. The fraction of sp³-hybridized carbons (Fsp3) is 0.321. The van der Waals surface area contributed by atoms with Crippen LogP contribution in [0.2, 0.25) is 10.0 Å². The molecular weight excluding hydrogens is 501 g/mol. The number of hydrogen-bond donors (Lipinski definition) is 1. The van der Waals surface area contributed by atoms with Crippen molar-refractivity contribution in [2.75, 3.05) is 6.54 Å². The molecule has 3 aliphatic rings. The molecule has 0 aromatic heterocycles. The second-order valence-corrected chi connectivity index (χ2v) is 10.1. The fourth-order valence-electron chi connectivity index (χ4n) is 5.43. The first kappa shape index (κ1) is 24.6. The Labute approximate surface area is 219 Å². The molecule has 36 heavy (non-hydrogen) atoms. The summed E-state index contributed by atoms with van der Waals surface area (Å²) in [6.07, 6.45) is 3.40. The maximum Gasteiger partial charge on any atom is 0.323 e. The lowest BCUT2D eigenvalue weighted by atomic mass is 9.71. The largest absolute Gasteiger partial charge is 0.489 e. The van der Waals surface area contributed by atoms with Crippen LogP contribution in [0.1, 0.15) is 55.6 Å². The van der Waals surface area contributed by atoms with Gasteiger partial charge < -0.3 is 14.7 Å². The summed E-state index contributed by atoms with van der Waals surface area (Å²) in [5, 5.41) is 10.7. The maximum absolute atomic E-state index is 13.2. The molecular formula is C28H25Cl2NO5. The normalized spacial score (nSPS) is 18.3. The summed E-state index contributed by atoms with van der Waals surface area (Å²) in [4.78, 5) is 39.8. The third kappa shape index (κ3) is 4.67. The molecule has 0 saturated heterocycles. The smallest absolute Gasteiger partial charge is 0.323 e. The molecule has 6 nitrogen and oxygen atoms in total. The van der Waals surface area contributed by atoms with Crippen molar-refractivity contribution in [3.8, 4) is 5.75 Å². The Kier molecular flexibility index (Phi) is 6.91. The Bertz CT molecular complexity index is 1270. The highest BCUT2D eigenvalue weighted by molar-refractivity contribution is 6.35. The molecule has 0 radical (unpaired) electrons. The van der Waals surface area contributed by atoms with Gasteiger partial charge in [-0.25, -0.2) is 0 Å². The molecule has 2 aliphatic carbocycles. The molecule has 2 aromatic carbocycles. The van der Waals surface area contributed by atoms with E-state index in [4.69, 9.17) is 27.9 Å². The molecule has 8 heteroatoms. The Morgan fingerprint density at radius 3 is 2.08 bits per heavy atom. The lowest BCUT2D eigenvalue weighted by Gasteiger charge is -2.43. The molecule has 1 aliphatic heterocycles. The van der Waals surface area contributed by atoms with Crippen molar-refractivity contribution in [2.24, 2.45) is 0 Å². The van der Waals surface area contributed by atoms with Crippen LogP contribution in [0.5, 0.6) is 5.75 Å². The molecule has 0 spiro atoms. The number of hydrogen-bond acceptors (Lipinski definition) is 5. The fourth-order valence-corrected chi connectivity index (χ4v) is 5.90. The number of nitrogens with zero attached hydrogens (tertiary/aromatic N) is 1. The first-order chi connectivity index (χ1) is 17.3. The maximum atomic E-state index is 13.2. The summed E-state index contributed by atoms with van der Waals surface area (Å²) < 4.78 is 5.91. The number of halogens is 2. The van der Waals surface area contributed by atoms with Crippen LogP contribution in [0.15, 0.2) is 65.0 Å². The van der Waals surface area contributed by atoms with Crippen molar-refractivity contribution >= 4 is 40.7 Å². The predicted molar refractivity (Wildman–Crippen MR) is 136 cm³/mol. The topological polar surface area (TPSA) is 83.9 Å². The van der Waals surface area contributed by atoms with Gasteiger partial charge in [-0.2, -0.15) is 0 Å². The predicted octanol–water partition coefficient (Wildman–Crippen LogP) is 6.07. The van der Waals surface area contributed by atoms with Crippen LogP contribution >= 0.6 is 23.2 Å². The van der Waals surface area contributed by atoms with E-state index in [2.05, 4.69) is 0 Å². The van der Waals surface area contributed by atoms with E-state index >= 15 is 0 Å². The van der Waals surface area contributed by atoms with Gasteiger partial charge in [-0.15, -0.1) is 0 Å². The van der Waals surface area contributed by atoms with Crippen LogP contribution in [0.4, 0.5) is 0 Å². The van der Waals surface area contributed by atoms with Crippen LogP contribution in [-0.4, -0.2) is 34.1 Å². The molecule has 1 N–H and O–H groups in total.